The van der Waals surface area contributed by atoms with Gasteiger partial charge in [0.1, 0.15) is 0 Å². The third kappa shape index (κ3) is 2.17. The molecule has 0 aliphatic rings. The van der Waals surface area contributed by atoms with Gasteiger partial charge in [0.05, 0.1) is 16.7 Å². The van der Waals surface area contributed by atoms with Crippen molar-refractivity contribution in [3.05, 3.63) is 58.7 Å². The number of hydrogen-bond acceptors (Lipinski definition) is 3. The number of benzene rings is 1. The van der Waals surface area contributed by atoms with Crippen LogP contribution < -0.4 is 0 Å². The maximum absolute atomic E-state index is 4.67. The molecule has 0 bridgehead atoms. The first-order valence-corrected chi connectivity index (χ1v) is 6.64. The van der Waals surface area contributed by atoms with Crippen LogP contribution in [-0.2, 0) is 0 Å². The lowest BCUT2D eigenvalue weighted by Gasteiger charge is -2.02. The molecule has 2 aromatic heterocycles. The molecule has 3 rings (SSSR count). The summed E-state index contributed by atoms with van der Waals surface area (Å²) in [4.78, 5) is 9.90. The lowest BCUT2D eigenvalue weighted by Crippen LogP contribution is -1.86. The number of thiazole rings is 1. The molecule has 0 saturated heterocycles. The summed E-state index contributed by atoms with van der Waals surface area (Å²) in [6.45, 7) is 2.08. The molecular formula is C15H12N2S. The Labute approximate surface area is 110 Å². The van der Waals surface area contributed by atoms with Gasteiger partial charge in [-0.2, -0.15) is 0 Å². The molecule has 0 aliphatic carbocycles. The van der Waals surface area contributed by atoms with Crippen LogP contribution in [0.25, 0.3) is 22.6 Å². The Morgan fingerprint density at radius 2 is 2.06 bits per heavy atom. The van der Waals surface area contributed by atoms with Gasteiger partial charge in [0.15, 0.2) is 0 Å². The molecule has 2 nitrogen and oxygen atoms in total. The van der Waals surface area contributed by atoms with Gasteiger partial charge in [0.25, 0.3) is 0 Å². The molecule has 0 amide bonds. The predicted octanol–water partition coefficient (Wildman–Crippen LogP) is 4.25. The van der Waals surface area contributed by atoms with Crippen molar-refractivity contribution in [1.29, 1.82) is 0 Å². The van der Waals surface area contributed by atoms with E-state index in [1.54, 1.807) is 11.3 Å². The van der Waals surface area contributed by atoms with Gasteiger partial charge < -0.3 is 0 Å². The number of allylic oxidation sites excluding steroid dienone is 1. The zero-order valence-electron chi connectivity index (χ0n) is 10.00. The number of hydrogen-bond donors (Lipinski definition) is 0. The van der Waals surface area contributed by atoms with Crippen LogP contribution in [0.3, 0.4) is 0 Å². The fourth-order valence-corrected chi connectivity index (χ4v) is 2.48. The van der Waals surface area contributed by atoms with Crippen LogP contribution in [0.15, 0.2) is 48.1 Å². The van der Waals surface area contributed by atoms with E-state index in [0.717, 1.165) is 21.7 Å². The normalized spacial score (nSPS) is 11.9. The number of para-hydroxylation sites is 1. The van der Waals surface area contributed by atoms with Gasteiger partial charge in [-0.1, -0.05) is 24.3 Å². The van der Waals surface area contributed by atoms with Gasteiger partial charge in [0, 0.05) is 16.5 Å². The fraction of sp³-hybridized carbons (Fsp3) is 0.0667. The molecule has 3 heteroatoms. The van der Waals surface area contributed by atoms with Crippen LogP contribution >= 0.6 is 11.3 Å². The quantitative estimate of drug-likeness (QED) is 0.681. The van der Waals surface area contributed by atoms with Gasteiger partial charge in [-0.05, 0) is 30.7 Å². The second-order valence-electron chi connectivity index (χ2n) is 4.12. The molecule has 0 aliphatic heterocycles. The maximum Gasteiger partial charge on any atom is 0.0797 e. The Morgan fingerprint density at radius 3 is 2.89 bits per heavy atom. The summed E-state index contributed by atoms with van der Waals surface area (Å²) in [5, 5.41) is 1.17. The third-order valence-corrected chi connectivity index (χ3v) is 3.54. The lowest BCUT2D eigenvalue weighted by molar-refractivity contribution is 1.34. The molecular weight excluding hydrogens is 240 g/mol. The standard InChI is InChI=1S/C15H12N2S/c1-11(8-13-9-16-10-18-13)14-7-6-12-4-2-3-5-15(12)17-14/h2-10H,1H3/b11-8-. The molecule has 3 aromatic rings. The van der Waals surface area contributed by atoms with Crippen molar-refractivity contribution >= 4 is 33.9 Å². The topological polar surface area (TPSA) is 25.8 Å². The molecule has 0 unspecified atom stereocenters. The number of fused-ring (bicyclic) bond motifs is 1. The first-order valence-electron chi connectivity index (χ1n) is 5.76. The highest BCUT2D eigenvalue weighted by Crippen LogP contribution is 2.20. The molecule has 0 N–H and O–H groups in total. The minimum absolute atomic E-state index is 1.02. The molecule has 0 fully saturated rings. The van der Waals surface area contributed by atoms with Crippen LogP contribution in [0.5, 0.6) is 0 Å². The molecule has 88 valence electrons. The minimum atomic E-state index is 1.02. The van der Waals surface area contributed by atoms with Crippen molar-refractivity contribution in [2.45, 2.75) is 6.92 Å². The van der Waals surface area contributed by atoms with Crippen molar-refractivity contribution in [2.75, 3.05) is 0 Å². The Hall–Kier alpha value is -2.00. The molecule has 2 heterocycles. The Balaban J connectivity index is 2.04. The summed E-state index contributed by atoms with van der Waals surface area (Å²) in [7, 11) is 0. The van der Waals surface area contributed by atoms with Crippen molar-refractivity contribution in [3.8, 4) is 0 Å². The van der Waals surface area contributed by atoms with Gasteiger partial charge in [-0.3, -0.25) is 4.98 Å². The monoisotopic (exact) mass is 252 g/mol. The van der Waals surface area contributed by atoms with Crippen LogP contribution in [0.1, 0.15) is 17.5 Å². The van der Waals surface area contributed by atoms with E-state index in [9.17, 15) is 0 Å². The summed E-state index contributed by atoms with van der Waals surface area (Å²) in [5.41, 5.74) is 5.05. The zero-order valence-corrected chi connectivity index (χ0v) is 10.8. The third-order valence-electron chi connectivity index (χ3n) is 2.81. The van der Waals surface area contributed by atoms with Gasteiger partial charge in [-0.25, -0.2) is 4.98 Å². The van der Waals surface area contributed by atoms with Crippen LogP contribution in [-0.4, -0.2) is 9.97 Å². The average Bonchev–Trinajstić information content (AvgIpc) is 2.91. The Kier molecular flexibility index (Phi) is 2.90. The van der Waals surface area contributed by atoms with Gasteiger partial charge >= 0.3 is 0 Å². The van der Waals surface area contributed by atoms with Crippen molar-refractivity contribution in [2.24, 2.45) is 0 Å². The highest BCUT2D eigenvalue weighted by Gasteiger charge is 2.00. The van der Waals surface area contributed by atoms with E-state index in [-0.39, 0.29) is 0 Å². The Bertz CT molecular complexity index is 699. The predicted molar refractivity (Wildman–Crippen MR) is 77.4 cm³/mol. The van der Waals surface area contributed by atoms with E-state index in [4.69, 9.17) is 0 Å². The molecule has 18 heavy (non-hydrogen) atoms. The van der Waals surface area contributed by atoms with Crippen molar-refractivity contribution < 1.29 is 0 Å². The minimum Gasteiger partial charge on any atom is -0.253 e. The summed E-state index contributed by atoms with van der Waals surface area (Å²) in [6.07, 6.45) is 3.99. The smallest absolute Gasteiger partial charge is 0.0797 e. The molecule has 0 spiro atoms. The molecule has 0 saturated carbocycles. The molecule has 0 radical (unpaired) electrons. The second-order valence-corrected chi connectivity index (χ2v) is 5.04. The second kappa shape index (κ2) is 4.70. The highest BCUT2D eigenvalue weighted by atomic mass is 32.1. The van der Waals surface area contributed by atoms with Crippen LogP contribution in [0.2, 0.25) is 0 Å². The number of rotatable bonds is 2. The Morgan fingerprint density at radius 1 is 1.17 bits per heavy atom. The summed E-state index contributed by atoms with van der Waals surface area (Å²) in [6, 6.07) is 12.3. The van der Waals surface area contributed by atoms with E-state index < -0.39 is 0 Å². The van der Waals surface area contributed by atoms with Crippen molar-refractivity contribution in [3.63, 3.8) is 0 Å². The van der Waals surface area contributed by atoms with E-state index in [1.165, 1.54) is 5.39 Å². The summed E-state index contributed by atoms with van der Waals surface area (Å²) >= 11 is 1.63. The van der Waals surface area contributed by atoms with E-state index in [1.807, 2.05) is 29.9 Å². The van der Waals surface area contributed by atoms with E-state index in [2.05, 4.69) is 41.2 Å². The molecule has 0 atom stereocenters. The largest absolute Gasteiger partial charge is 0.253 e. The number of aromatic nitrogens is 2. The van der Waals surface area contributed by atoms with E-state index >= 15 is 0 Å². The zero-order chi connectivity index (χ0) is 12.4. The van der Waals surface area contributed by atoms with Gasteiger partial charge in [0.2, 0.25) is 0 Å². The van der Waals surface area contributed by atoms with Crippen LogP contribution in [0, 0.1) is 0 Å². The summed E-state index contributed by atoms with van der Waals surface area (Å²) in [5.74, 6) is 0. The SMILES string of the molecule is C/C(=C/c1cncs1)c1ccc2ccccc2n1. The van der Waals surface area contributed by atoms with E-state index in [0.29, 0.717) is 0 Å². The average molecular weight is 252 g/mol. The first kappa shape index (κ1) is 11.1. The summed E-state index contributed by atoms with van der Waals surface area (Å²) < 4.78 is 0. The fourth-order valence-electron chi connectivity index (χ4n) is 1.87. The molecule has 1 aromatic carbocycles. The maximum atomic E-state index is 4.67. The number of pyridine rings is 1. The van der Waals surface area contributed by atoms with Crippen molar-refractivity contribution in [1.82, 2.24) is 9.97 Å². The number of nitrogens with zero attached hydrogens (tertiary/aromatic N) is 2. The highest BCUT2D eigenvalue weighted by molar-refractivity contribution is 7.10. The first-order chi connectivity index (χ1) is 8.83. The van der Waals surface area contributed by atoms with Gasteiger partial charge in [-0.15, -0.1) is 11.3 Å². The van der Waals surface area contributed by atoms with Crippen LogP contribution in [0.4, 0.5) is 0 Å². The lowest BCUT2D eigenvalue weighted by atomic mass is 10.1.